The number of methoxy groups -OCH3 is 1. The van der Waals surface area contributed by atoms with Crippen LogP contribution in [0.5, 0.6) is 5.75 Å². The molecular weight excluding hydrogens is 274 g/mol. The van der Waals surface area contributed by atoms with E-state index in [9.17, 15) is 0 Å². The molecule has 0 fully saturated rings. The highest BCUT2D eigenvalue weighted by atomic mass is 16.5. The van der Waals surface area contributed by atoms with Crippen molar-refractivity contribution in [2.75, 3.05) is 7.11 Å². The van der Waals surface area contributed by atoms with E-state index in [0.717, 1.165) is 22.7 Å². The normalized spacial score (nSPS) is 10.5. The van der Waals surface area contributed by atoms with E-state index in [1.54, 1.807) is 13.3 Å². The highest BCUT2D eigenvalue weighted by Gasteiger charge is 2.11. The first-order chi connectivity index (χ1) is 10.7. The zero-order valence-electron chi connectivity index (χ0n) is 12.9. The standard InChI is InChI=1S/C18H17N3O/c1-12-6-4-5-7-15(12)16-10-14(22-3)11-17(21-16)18-19-9-8-13(2)20-18/h4-11H,1-3H3. The number of benzene rings is 1. The molecule has 4 nitrogen and oxygen atoms in total. The lowest BCUT2D eigenvalue weighted by Gasteiger charge is -2.10. The average molecular weight is 291 g/mol. The van der Waals surface area contributed by atoms with E-state index in [4.69, 9.17) is 9.72 Å². The number of aryl methyl sites for hydroxylation is 2. The second kappa shape index (κ2) is 5.93. The quantitative estimate of drug-likeness (QED) is 0.736. The molecule has 0 aliphatic heterocycles. The number of pyridine rings is 1. The van der Waals surface area contributed by atoms with Crippen LogP contribution in [-0.4, -0.2) is 22.1 Å². The third-order valence-corrected chi connectivity index (χ3v) is 3.48. The molecule has 0 amide bonds. The van der Waals surface area contributed by atoms with Crippen LogP contribution in [-0.2, 0) is 0 Å². The molecule has 3 aromatic rings. The summed E-state index contributed by atoms with van der Waals surface area (Å²) in [6, 6.07) is 13.8. The van der Waals surface area contributed by atoms with Crippen LogP contribution in [0, 0.1) is 13.8 Å². The first-order valence-corrected chi connectivity index (χ1v) is 7.09. The summed E-state index contributed by atoms with van der Waals surface area (Å²) in [5.41, 5.74) is 4.72. The third-order valence-electron chi connectivity index (χ3n) is 3.48. The van der Waals surface area contributed by atoms with Gasteiger partial charge in [-0.25, -0.2) is 15.0 Å². The fourth-order valence-electron chi connectivity index (χ4n) is 2.31. The molecule has 2 heterocycles. The van der Waals surface area contributed by atoms with E-state index in [0.29, 0.717) is 11.5 Å². The summed E-state index contributed by atoms with van der Waals surface area (Å²) in [4.78, 5) is 13.5. The van der Waals surface area contributed by atoms with Gasteiger partial charge in [-0.15, -0.1) is 0 Å². The van der Waals surface area contributed by atoms with Gasteiger partial charge in [-0.05, 0) is 25.5 Å². The Kier molecular flexibility index (Phi) is 3.83. The van der Waals surface area contributed by atoms with Crippen molar-refractivity contribution >= 4 is 0 Å². The molecule has 22 heavy (non-hydrogen) atoms. The Balaban J connectivity index is 2.17. The second-order valence-corrected chi connectivity index (χ2v) is 5.11. The van der Waals surface area contributed by atoms with Gasteiger partial charge in [0.25, 0.3) is 0 Å². The largest absolute Gasteiger partial charge is 0.497 e. The smallest absolute Gasteiger partial charge is 0.178 e. The number of hydrogen-bond donors (Lipinski definition) is 0. The maximum absolute atomic E-state index is 5.41. The van der Waals surface area contributed by atoms with E-state index in [1.165, 1.54) is 5.56 Å². The van der Waals surface area contributed by atoms with E-state index in [2.05, 4.69) is 29.0 Å². The monoisotopic (exact) mass is 291 g/mol. The first-order valence-electron chi connectivity index (χ1n) is 7.09. The molecule has 0 bridgehead atoms. The van der Waals surface area contributed by atoms with Crippen LogP contribution in [0.3, 0.4) is 0 Å². The van der Waals surface area contributed by atoms with Crippen LogP contribution in [0.15, 0.2) is 48.7 Å². The van der Waals surface area contributed by atoms with Crippen LogP contribution in [0.4, 0.5) is 0 Å². The van der Waals surface area contributed by atoms with Gasteiger partial charge in [-0.3, -0.25) is 0 Å². The first kappa shape index (κ1) is 14.2. The van der Waals surface area contributed by atoms with Crippen molar-refractivity contribution < 1.29 is 4.74 Å². The molecule has 1 aromatic carbocycles. The molecule has 3 rings (SSSR count). The van der Waals surface area contributed by atoms with Gasteiger partial charge >= 0.3 is 0 Å². The predicted octanol–water partition coefficient (Wildman–Crippen LogP) is 3.83. The Bertz CT molecular complexity index is 815. The van der Waals surface area contributed by atoms with Gasteiger partial charge in [0.15, 0.2) is 5.82 Å². The van der Waals surface area contributed by atoms with Gasteiger partial charge in [0.1, 0.15) is 11.4 Å². The lowest BCUT2D eigenvalue weighted by Crippen LogP contribution is -1.97. The Morgan fingerprint density at radius 3 is 2.41 bits per heavy atom. The summed E-state index contributed by atoms with van der Waals surface area (Å²) in [6.07, 6.45) is 1.74. The summed E-state index contributed by atoms with van der Waals surface area (Å²) in [5.74, 6) is 1.35. The van der Waals surface area contributed by atoms with Gasteiger partial charge in [-0.1, -0.05) is 24.3 Å². The number of aromatic nitrogens is 3. The van der Waals surface area contributed by atoms with Crippen LogP contribution in [0.1, 0.15) is 11.3 Å². The van der Waals surface area contributed by atoms with Gasteiger partial charge in [0.2, 0.25) is 0 Å². The number of nitrogens with zero attached hydrogens (tertiary/aromatic N) is 3. The zero-order chi connectivity index (χ0) is 15.5. The van der Waals surface area contributed by atoms with Crippen LogP contribution < -0.4 is 4.74 Å². The molecular formula is C18H17N3O. The summed E-state index contributed by atoms with van der Waals surface area (Å²) >= 11 is 0. The molecule has 0 radical (unpaired) electrons. The van der Waals surface area contributed by atoms with Gasteiger partial charge in [-0.2, -0.15) is 0 Å². The highest BCUT2D eigenvalue weighted by Crippen LogP contribution is 2.28. The molecule has 0 atom stereocenters. The fourth-order valence-corrected chi connectivity index (χ4v) is 2.31. The van der Waals surface area contributed by atoms with Gasteiger partial charge < -0.3 is 4.74 Å². The maximum Gasteiger partial charge on any atom is 0.178 e. The van der Waals surface area contributed by atoms with Crippen LogP contribution in [0.25, 0.3) is 22.8 Å². The van der Waals surface area contributed by atoms with E-state index in [1.807, 2.05) is 37.3 Å². The summed E-state index contributed by atoms with van der Waals surface area (Å²) in [5, 5.41) is 0. The predicted molar refractivity (Wildman–Crippen MR) is 86.7 cm³/mol. The molecule has 0 spiro atoms. The summed E-state index contributed by atoms with van der Waals surface area (Å²) < 4.78 is 5.41. The molecule has 0 N–H and O–H groups in total. The molecule has 0 aliphatic carbocycles. The molecule has 110 valence electrons. The maximum atomic E-state index is 5.41. The Hall–Kier alpha value is -2.75. The molecule has 0 saturated heterocycles. The minimum atomic E-state index is 0.605. The Morgan fingerprint density at radius 1 is 0.909 bits per heavy atom. The van der Waals surface area contributed by atoms with Crippen LogP contribution >= 0.6 is 0 Å². The Morgan fingerprint density at radius 2 is 1.68 bits per heavy atom. The lowest BCUT2D eigenvalue weighted by molar-refractivity contribution is 0.414. The van der Waals surface area contributed by atoms with E-state index >= 15 is 0 Å². The van der Waals surface area contributed by atoms with Crippen molar-refractivity contribution in [1.82, 2.24) is 15.0 Å². The Labute approximate surface area is 129 Å². The number of rotatable bonds is 3. The lowest BCUT2D eigenvalue weighted by atomic mass is 10.0. The molecule has 4 heteroatoms. The minimum Gasteiger partial charge on any atom is -0.497 e. The molecule has 0 saturated carbocycles. The summed E-state index contributed by atoms with van der Waals surface area (Å²) in [6.45, 7) is 4.01. The fraction of sp³-hybridized carbons (Fsp3) is 0.167. The van der Waals surface area contributed by atoms with Crippen LogP contribution in [0.2, 0.25) is 0 Å². The van der Waals surface area contributed by atoms with E-state index in [-0.39, 0.29) is 0 Å². The topological polar surface area (TPSA) is 47.9 Å². The van der Waals surface area contributed by atoms with Crippen molar-refractivity contribution in [1.29, 1.82) is 0 Å². The summed E-state index contributed by atoms with van der Waals surface area (Å²) in [7, 11) is 1.65. The van der Waals surface area contributed by atoms with Crippen molar-refractivity contribution in [3.05, 3.63) is 59.9 Å². The molecule has 0 aliphatic rings. The number of ether oxygens (including phenoxy) is 1. The highest BCUT2D eigenvalue weighted by molar-refractivity contribution is 5.68. The second-order valence-electron chi connectivity index (χ2n) is 5.11. The molecule has 0 unspecified atom stereocenters. The van der Waals surface area contributed by atoms with Crippen molar-refractivity contribution in [3.63, 3.8) is 0 Å². The SMILES string of the molecule is COc1cc(-c2nccc(C)n2)nc(-c2ccccc2C)c1. The van der Waals surface area contributed by atoms with Crippen molar-refractivity contribution in [2.45, 2.75) is 13.8 Å². The third kappa shape index (κ3) is 2.81. The average Bonchev–Trinajstić information content (AvgIpc) is 2.55. The van der Waals surface area contributed by atoms with Crippen molar-refractivity contribution in [3.8, 4) is 28.5 Å². The number of hydrogen-bond acceptors (Lipinski definition) is 4. The van der Waals surface area contributed by atoms with Gasteiger partial charge in [0.05, 0.1) is 12.8 Å². The zero-order valence-corrected chi connectivity index (χ0v) is 12.9. The van der Waals surface area contributed by atoms with E-state index < -0.39 is 0 Å². The van der Waals surface area contributed by atoms with Crippen molar-refractivity contribution in [2.24, 2.45) is 0 Å². The van der Waals surface area contributed by atoms with Gasteiger partial charge in [0, 0.05) is 29.6 Å². The molecule has 2 aromatic heterocycles. The minimum absolute atomic E-state index is 0.605.